The molecular formula is C18H24F2N2O. The predicted molar refractivity (Wildman–Crippen MR) is 84.7 cm³/mol. The summed E-state index contributed by atoms with van der Waals surface area (Å²) in [5.41, 5.74) is 0.268. The number of halogens is 2. The van der Waals surface area contributed by atoms with Crippen LogP contribution < -0.4 is 5.32 Å². The maximum Gasteiger partial charge on any atom is 0.226 e. The molecular weight excluding hydrogens is 298 g/mol. The molecule has 0 radical (unpaired) electrons. The van der Waals surface area contributed by atoms with Gasteiger partial charge in [-0.3, -0.25) is 4.79 Å². The molecule has 1 amide bonds. The van der Waals surface area contributed by atoms with Crippen molar-refractivity contribution in [1.82, 2.24) is 10.2 Å². The van der Waals surface area contributed by atoms with E-state index < -0.39 is 11.6 Å². The van der Waals surface area contributed by atoms with Crippen LogP contribution in [-0.4, -0.2) is 29.9 Å². The van der Waals surface area contributed by atoms with Gasteiger partial charge in [0.2, 0.25) is 5.91 Å². The highest BCUT2D eigenvalue weighted by molar-refractivity contribution is 5.79. The van der Waals surface area contributed by atoms with E-state index in [0.29, 0.717) is 5.92 Å². The van der Waals surface area contributed by atoms with Crippen LogP contribution in [0.5, 0.6) is 0 Å². The average Bonchev–Trinajstić information content (AvgIpc) is 2.99. The van der Waals surface area contributed by atoms with Gasteiger partial charge in [0.05, 0.1) is 0 Å². The van der Waals surface area contributed by atoms with Crippen molar-refractivity contribution in [2.24, 2.45) is 11.8 Å². The molecule has 0 bridgehead atoms. The second-order valence-electron chi connectivity index (χ2n) is 6.85. The fourth-order valence-electron chi connectivity index (χ4n) is 3.58. The van der Waals surface area contributed by atoms with Crippen molar-refractivity contribution in [2.75, 3.05) is 13.1 Å². The third-order valence-corrected chi connectivity index (χ3v) is 5.31. The first-order valence-electron chi connectivity index (χ1n) is 8.51. The molecule has 1 aliphatic carbocycles. The summed E-state index contributed by atoms with van der Waals surface area (Å²) in [6, 6.07) is 3.62. The van der Waals surface area contributed by atoms with Gasteiger partial charge in [0.25, 0.3) is 0 Å². The maximum absolute atomic E-state index is 14.0. The standard InChI is InChI=1S/C18H24F2N2O/c1-12(14-9-21-10-14)18(23)22(16-4-2-3-5-16)11-13-8-15(19)6-7-17(13)20/h6-8,12,14,16,21H,2-5,9-11H2,1H3. The van der Waals surface area contributed by atoms with Gasteiger partial charge in [-0.15, -0.1) is 0 Å². The van der Waals surface area contributed by atoms with Crippen LogP contribution in [-0.2, 0) is 11.3 Å². The molecule has 1 saturated heterocycles. The smallest absolute Gasteiger partial charge is 0.226 e. The molecule has 0 spiro atoms. The van der Waals surface area contributed by atoms with Crippen LogP contribution in [0, 0.1) is 23.5 Å². The third-order valence-electron chi connectivity index (χ3n) is 5.31. The second kappa shape index (κ2) is 6.95. The fraction of sp³-hybridized carbons (Fsp3) is 0.611. The summed E-state index contributed by atoms with van der Waals surface area (Å²) >= 11 is 0. The van der Waals surface area contributed by atoms with Crippen LogP contribution in [0.15, 0.2) is 18.2 Å². The van der Waals surface area contributed by atoms with Crippen molar-refractivity contribution in [1.29, 1.82) is 0 Å². The Morgan fingerprint density at radius 1 is 1.30 bits per heavy atom. The lowest BCUT2D eigenvalue weighted by molar-refractivity contribution is -0.140. The molecule has 126 valence electrons. The number of amides is 1. The molecule has 2 fully saturated rings. The zero-order valence-electron chi connectivity index (χ0n) is 13.5. The van der Waals surface area contributed by atoms with Crippen LogP contribution in [0.2, 0.25) is 0 Å². The van der Waals surface area contributed by atoms with E-state index in [0.717, 1.165) is 50.9 Å². The SMILES string of the molecule is CC(C(=O)N(Cc1cc(F)ccc1F)C1CCCC1)C1CNC1. The number of carbonyl (C=O) groups is 1. The van der Waals surface area contributed by atoms with Crippen LogP contribution in [0.25, 0.3) is 0 Å². The highest BCUT2D eigenvalue weighted by atomic mass is 19.1. The summed E-state index contributed by atoms with van der Waals surface area (Å²) in [7, 11) is 0. The van der Waals surface area contributed by atoms with Gasteiger partial charge >= 0.3 is 0 Å². The van der Waals surface area contributed by atoms with E-state index in [4.69, 9.17) is 0 Å². The van der Waals surface area contributed by atoms with Crippen molar-refractivity contribution >= 4 is 5.91 Å². The Hall–Kier alpha value is -1.49. The molecule has 5 heteroatoms. The molecule has 3 rings (SSSR count). The topological polar surface area (TPSA) is 32.3 Å². The first-order chi connectivity index (χ1) is 11.1. The molecule has 1 atom stereocenters. The summed E-state index contributed by atoms with van der Waals surface area (Å²) in [4.78, 5) is 14.7. The monoisotopic (exact) mass is 322 g/mol. The van der Waals surface area contributed by atoms with Crippen LogP contribution >= 0.6 is 0 Å². The molecule has 0 aromatic heterocycles. The van der Waals surface area contributed by atoms with Crippen molar-refractivity contribution in [3.63, 3.8) is 0 Å². The lowest BCUT2D eigenvalue weighted by Crippen LogP contribution is -2.51. The molecule has 2 aliphatic rings. The summed E-state index contributed by atoms with van der Waals surface area (Å²) in [6.45, 7) is 3.84. The molecule has 1 heterocycles. The van der Waals surface area contributed by atoms with Crippen molar-refractivity contribution in [3.8, 4) is 0 Å². The Kier molecular flexibility index (Phi) is 4.95. The van der Waals surface area contributed by atoms with Gasteiger partial charge < -0.3 is 10.2 Å². The van der Waals surface area contributed by atoms with Gasteiger partial charge in [0.1, 0.15) is 11.6 Å². The van der Waals surface area contributed by atoms with E-state index in [1.54, 1.807) is 4.90 Å². The Balaban J connectivity index is 1.80. The van der Waals surface area contributed by atoms with E-state index in [1.807, 2.05) is 6.92 Å². The highest BCUT2D eigenvalue weighted by Crippen LogP contribution is 2.29. The van der Waals surface area contributed by atoms with E-state index in [-0.39, 0.29) is 30.0 Å². The van der Waals surface area contributed by atoms with Crippen LogP contribution in [0.3, 0.4) is 0 Å². The normalized spacial score (nSPS) is 20.3. The third kappa shape index (κ3) is 3.55. The van der Waals surface area contributed by atoms with E-state index in [1.165, 1.54) is 6.07 Å². The lowest BCUT2D eigenvalue weighted by atomic mass is 9.87. The molecule has 1 unspecified atom stereocenters. The van der Waals surface area contributed by atoms with E-state index >= 15 is 0 Å². The quantitative estimate of drug-likeness (QED) is 0.903. The van der Waals surface area contributed by atoms with Crippen molar-refractivity contribution in [3.05, 3.63) is 35.4 Å². The number of nitrogens with one attached hydrogen (secondary N) is 1. The Labute approximate surface area is 136 Å². The molecule has 1 aliphatic heterocycles. The van der Waals surface area contributed by atoms with E-state index in [2.05, 4.69) is 5.32 Å². The molecule has 3 nitrogen and oxygen atoms in total. The van der Waals surface area contributed by atoms with Crippen molar-refractivity contribution < 1.29 is 13.6 Å². The number of nitrogens with zero attached hydrogens (tertiary/aromatic N) is 1. The number of rotatable bonds is 5. The molecule has 1 saturated carbocycles. The van der Waals surface area contributed by atoms with E-state index in [9.17, 15) is 13.6 Å². The molecule has 1 aromatic rings. The van der Waals surface area contributed by atoms with Gasteiger partial charge in [-0.2, -0.15) is 0 Å². The number of hydrogen-bond donors (Lipinski definition) is 1. The predicted octanol–water partition coefficient (Wildman–Crippen LogP) is 3.09. The lowest BCUT2D eigenvalue weighted by Gasteiger charge is -2.37. The van der Waals surface area contributed by atoms with Gasteiger partial charge in [-0.25, -0.2) is 8.78 Å². The zero-order chi connectivity index (χ0) is 16.4. The summed E-state index contributed by atoms with van der Waals surface area (Å²) in [5.74, 6) is -0.555. The first kappa shape index (κ1) is 16.4. The summed E-state index contributed by atoms with van der Waals surface area (Å²) in [6.07, 6.45) is 4.11. The largest absolute Gasteiger partial charge is 0.335 e. The Morgan fingerprint density at radius 3 is 2.61 bits per heavy atom. The Bertz CT molecular complexity index is 568. The van der Waals surface area contributed by atoms with Gasteiger partial charge in [0.15, 0.2) is 0 Å². The second-order valence-corrected chi connectivity index (χ2v) is 6.85. The van der Waals surface area contributed by atoms with Gasteiger partial charge in [0, 0.05) is 24.1 Å². The molecule has 1 aromatic carbocycles. The zero-order valence-corrected chi connectivity index (χ0v) is 13.5. The summed E-state index contributed by atoms with van der Waals surface area (Å²) in [5, 5.41) is 3.19. The average molecular weight is 322 g/mol. The molecule has 23 heavy (non-hydrogen) atoms. The first-order valence-corrected chi connectivity index (χ1v) is 8.51. The number of carbonyl (C=O) groups excluding carboxylic acids is 1. The van der Waals surface area contributed by atoms with Gasteiger partial charge in [-0.1, -0.05) is 19.8 Å². The Morgan fingerprint density at radius 2 is 2.00 bits per heavy atom. The minimum atomic E-state index is -0.462. The number of hydrogen-bond acceptors (Lipinski definition) is 2. The molecule has 1 N–H and O–H groups in total. The van der Waals surface area contributed by atoms with Gasteiger partial charge in [-0.05, 0) is 50.0 Å². The highest BCUT2D eigenvalue weighted by Gasteiger charge is 2.35. The minimum absolute atomic E-state index is 0.0755. The van der Waals surface area contributed by atoms with Crippen LogP contribution in [0.1, 0.15) is 38.2 Å². The number of benzene rings is 1. The summed E-state index contributed by atoms with van der Waals surface area (Å²) < 4.78 is 27.5. The maximum atomic E-state index is 14.0. The fourth-order valence-corrected chi connectivity index (χ4v) is 3.58. The van der Waals surface area contributed by atoms with Crippen molar-refractivity contribution in [2.45, 2.75) is 45.2 Å². The van der Waals surface area contributed by atoms with Crippen LogP contribution in [0.4, 0.5) is 8.78 Å². The minimum Gasteiger partial charge on any atom is -0.335 e.